The van der Waals surface area contributed by atoms with Crippen molar-refractivity contribution in [2.75, 3.05) is 0 Å². The fraction of sp³-hybridized carbons (Fsp3) is 0.130. The van der Waals surface area contributed by atoms with Gasteiger partial charge in [-0.3, -0.25) is 0 Å². The first-order chi connectivity index (χ1) is 14.6. The molecule has 7 nitrogen and oxygen atoms in total. The molecule has 0 bridgehead atoms. The van der Waals surface area contributed by atoms with Crippen molar-refractivity contribution >= 4 is 28.2 Å². The van der Waals surface area contributed by atoms with Crippen LogP contribution in [0.2, 0.25) is 0 Å². The van der Waals surface area contributed by atoms with Crippen LogP contribution in [0, 0.1) is 13.8 Å². The van der Waals surface area contributed by atoms with E-state index in [2.05, 4.69) is 15.1 Å². The number of pyridine rings is 1. The smallest absolute Gasteiger partial charge is 0.339 e. The maximum atomic E-state index is 12.9. The zero-order chi connectivity index (χ0) is 20.7. The first-order valence-corrected chi connectivity index (χ1v) is 9.44. The summed E-state index contributed by atoms with van der Waals surface area (Å²) in [5.74, 6) is -0.194. The molecule has 148 valence electrons. The van der Waals surface area contributed by atoms with Crippen LogP contribution in [0.5, 0.6) is 0 Å². The topological polar surface area (TPSA) is 91.2 Å². The number of hydrogen-bond acceptors (Lipinski definition) is 7. The van der Waals surface area contributed by atoms with Gasteiger partial charge in [-0.15, -0.1) is 0 Å². The first-order valence-electron chi connectivity index (χ1n) is 9.44. The maximum absolute atomic E-state index is 12.9. The van der Waals surface area contributed by atoms with Crippen molar-refractivity contribution in [3.63, 3.8) is 0 Å². The molecule has 0 aliphatic heterocycles. The number of rotatable bonds is 4. The average molecular weight is 399 g/mol. The first kappa shape index (κ1) is 18.1. The van der Waals surface area contributed by atoms with Gasteiger partial charge in [0.25, 0.3) is 5.71 Å². The minimum atomic E-state index is -0.524. The second-order valence-corrected chi connectivity index (χ2v) is 7.02. The molecule has 0 atom stereocenters. The number of para-hydroxylation sites is 2. The molecule has 0 radical (unpaired) electrons. The van der Waals surface area contributed by atoms with Gasteiger partial charge in [0.05, 0.1) is 22.3 Å². The van der Waals surface area contributed by atoms with Crippen molar-refractivity contribution < 1.29 is 18.5 Å². The summed E-state index contributed by atoms with van der Waals surface area (Å²) >= 11 is 0. The van der Waals surface area contributed by atoms with Gasteiger partial charge >= 0.3 is 5.97 Å². The lowest BCUT2D eigenvalue weighted by Gasteiger charge is -2.07. The van der Waals surface area contributed by atoms with Gasteiger partial charge in [-0.2, -0.15) is 0 Å². The van der Waals surface area contributed by atoms with Crippen molar-refractivity contribution in [1.29, 1.82) is 0 Å². The number of aryl methyl sites for hydroxylation is 2. The van der Waals surface area contributed by atoms with Gasteiger partial charge in [0, 0.05) is 5.56 Å². The van der Waals surface area contributed by atoms with E-state index < -0.39 is 5.97 Å². The number of fused-ring (bicyclic) bond motifs is 2. The third-order valence-corrected chi connectivity index (χ3v) is 4.85. The number of ether oxygens (including phenoxy) is 1. The van der Waals surface area contributed by atoms with E-state index in [1.165, 1.54) is 0 Å². The Labute approximate surface area is 171 Å². The standard InChI is InChI=1S/C23H17N3O4/c1-13-7-9-15(10-8-13)18-11-16(21-14(2)26-30-22(21)25-18)23(27)28-12-20-24-17-5-3-4-6-19(17)29-20/h3-11H,12H2,1-2H3. The van der Waals surface area contributed by atoms with Gasteiger partial charge in [-0.1, -0.05) is 47.1 Å². The van der Waals surface area contributed by atoms with E-state index in [9.17, 15) is 4.79 Å². The lowest BCUT2D eigenvalue weighted by atomic mass is 10.0. The third kappa shape index (κ3) is 3.20. The molecule has 0 amide bonds. The number of benzene rings is 2. The predicted molar refractivity (Wildman–Crippen MR) is 110 cm³/mol. The van der Waals surface area contributed by atoms with Crippen molar-refractivity contribution in [3.8, 4) is 11.3 Å². The Bertz CT molecular complexity index is 1350. The van der Waals surface area contributed by atoms with Crippen LogP contribution >= 0.6 is 0 Å². The Balaban J connectivity index is 1.49. The highest BCUT2D eigenvalue weighted by Crippen LogP contribution is 2.28. The van der Waals surface area contributed by atoms with Gasteiger partial charge in [-0.25, -0.2) is 14.8 Å². The molecule has 2 aromatic carbocycles. The molecule has 0 N–H and O–H groups in total. The highest BCUT2D eigenvalue weighted by molar-refractivity contribution is 6.04. The summed E-state index contributed by atoms with van der Waals surface area (Å²) in [7, 11) is 0. The Morgan fingerprint density at radius 1 is 1.03 bits per heavy atom. The van der Waals surface area contributed by atoms with Crippen LogP contribution in [-0.4, -0.2) is 21.1 Å². The Kier molecular flexibility index (Phi) is 4.28. The lowest BCUT2D eigenvalue weighted by Crippen LogP contribution is -2.07. The largest absolute Gasteiger partial charge is 0.452 e. The van der Waals surface area contributed by atoms with Gasteiger partial charge < -0.3 is 13.7 Å². The zero-order valence-electron chi connectivity index (χ0n) is 16.4. The molecule has 0 aliphatic rings. The van der Waals surface area contributed by atoms with Crippen LogP contribution in [0.3, 0.4) is 0 Å². The third-order valence-electron chi connectivity index (χ3n) is 4.85. The predicted octanol–water partition coefficient (Wildman–Crippen LogP) is 5.00. The number of carbonyl (C=O) groups is 1. The fourth-order valence-electron chi connectivity index (χ4n) is 3.31. The van der Waals surface area contributed by atoms with E-state index in [0.29, 0.717) is 45.0 Å². The van der Waals surface area contributed by atoms with Crippen LogP contribution in [0.1, 0.15) is 27.5 Å². The van der Waals surface area contributed by atoms with E-state index in [1.54, 1.807) is 13.0 Å². The number of carbonyl (C=O) groups excluding carboxylic acids is 1. The normalized spacial score (nSPS) is 11.3. The van der Waals surface area contributed by atoms with Crippen molar-refractivity contribution in [2.24, 2.45) is 0 Å². The lowest BCUT2D eigenvalue weighted by molar-refractivity contribution is 0.0442. The van der Waals surface area contributed by atoms with Crippen molar-refractivity contribution in [2.45, 2.75) is 20.5 Å². The van der Waals surface area contributed by atoms with Crippen LogP contribution in [-0.2, 0) is 11.3 Å². The summed E-state index contributed by atoms with van der Waals surface area (Å²) in [4.78, 5) is 21.8. The monoisotopic (exact) mass is 399 g/mol. The van der Waals surface area contributed by atoms with Crippen LogP contribution in [0.15, 0.2) is 63.5 Å². The fourth-order valence-corrected chi connectivity index (χ4v) is 3.31. The maximum Gasteiger partial charge on any atom is 0.339 e. The molecule has 0 aliphatic carbocycles. The molecule has 0 saturated heterocycles. The zero-order valence-corrected chi connectivity index (χ0v) is 16.4. The molecule has 5 aromatic rings. The van der Waals surface area contributed by atoms with Crippen molar-refractivity contribution in [3.05, 3.63) is 77.3 Å². The summed E-state index contributed by atoms with van der Waals surface area (Å²) in [5.41, 5.74) is 5.16. The second kappa shape index (κ2) is 7.11. The van der Waals surface area contributed by atoms with Crippen molar-refractivity contribution in [1.82, 2.24) is 15.1 Å². The number of oxazole rings is 1. The van der Waals surface area contributed by atoms with E-state index in [1.807, 2.05) is 55.5 Å². The summed E-state index contributed by atoms with van der Waals surface area (Å²) < 4.78 is 16.4. The minimum Gasteiger partial charge on any atom is -0.452 e. The number of aromatic nitrogens is 3. The number of esters is 1. The second-order valence-electron chi connectivity index (χ2n) is 7.02. The summed E-state index contributed by atoms with van der Waals surface area (Å²) in [6, 6.07) is 16.9. The Morgan fingerprint density at radius 2 is 1.83 bits per heavy atom. The minimum absolute atomic E-state index is 0.0818. The SMILES string of the molecule is Cc1ccc(-c2cc(C(=O)OCc3nc4ccccc4o3)c3c(C)noc3n2)cc1. The molecule has 3 aromatic heterocycles. The molecule has 7 heteroatoms. The van der Waals surface area contributed by atoms with Crippen LogP contribution < -0.4 is 0 Å². The van der Waals surface area contributed by atoms with E-state index in [0.717, 1.165) is 11.1 Å². The van der Waals surface area contributed by atoms with Gasteiger partial charge in [0.15, 0.2) is 12.2 Å². The Hall–Kier alpha value is -4.00. The van der Waals surface area contributed by atoms with Crippen LogP contribution in [0.4, 0.5) is 0 Å². The van der Waals surface area contributed by atoms with Gasteiger partial charge in [0.2, 0.25) is 5.89 Å². The summed E-state index contributed by atoms with van der Waals surface area (Å²) in [6.07, 6.45) is 0. The molecule has 0 spiro atoms. The number of hydrogen-bond donors (Lipinski definition) is 0. The van der Waals surface area contributed by atoms with E-state index in [4.69, 9.17) is 13.7 Å². The molecular formula is C23H17N3O4. The highest BCUT2D eigenvalue weighted by Gasteiger charge is 2.21. The van der Waals surface area contributed by atoms with Gasteiger partial charge in [0.1, 0.15) is 5.52 Å². The Morgan fingerprint density at radius 3 is 2.63 bits per heavy atom. The van der Waals surface area contributed by atoms with Crippen LogP contribution in [0.25, 0.3) is 33.5 Å². The van der Waals surface area contributed by atoms with E-state index in [-0.39, 0.29) is 6.61 Å². The number of nitrogens with zero attached hydrogens (tertiary/aromatic N) is 3. The quantitative estimate of drug-likeness (QED) is 0.393. The molecule has 5 rings (SSSR count). The highest BCUT2D eigenvalue weighted by atomic mass is 16.5. The van der Waals surface area contributed by atoms with E-state index >= 15 is 0 Å². The van der Waals surface area contributed by atoms with Gasteiger partial charge in [-0.05, 0) is 32.0 Å². The molecule has 0 saturated carbocycles. The molecule has 0 fully saturated rings. The molecule has 0 unspecified atom stereocenters. The molecular weight excluding hydrogens is 382 g/mol. The molecule has 3 heterocycles. The average Bonchev–Trinajstić information content (AvgIpc) is 3.35. The molecule has 30 heavy (non-hydrogen) atoms. The summed E-state index contributed by atoms with van der Waals surface area (Å²) in [6.45, 7) is 3.69. The summed E-state index contributed by atoms with van der Waals surface area (Å²) in [5, 5.41) is 4.49.